The summed E-state index contributed by atoms with van der Waals surface area (Å²) in [6.45, 7) is 3.32. The van der Waals surface area contributed by atoms with E-state index in [1.807, 2.05) is 0 Å². The Morgan fingerprint density at radius 2 is 2.35 bits per heavy atom. The van der Waals surface area contributed by atoms with Crippen LogP contribution in [0.5, 0.6) is 0 Å². The van der Waals surface area contributed by atoms with Crippen molar-refractivity contribution < 1.29 is 0 Å². The number of aromatic nitrogens is 3. The molecule has 17 heavy (non-hydrogen) atoms. The van der Waals surface area contributed by atoms with Gasteiger partial charge in [0.05, 0.1) is 6.04 Å². The van der Waals surface area contributed by atoms with Crippen molar-refractivity contribution in [2.24, 2.45) is 0 Å². The van der Waals surface area contributed by atoms with Crippen molar-refractivity contribution in [2.75, 3.05) is 11.5 Å². The van der Waals surface area contributed by atoms with E-state index in [-0.39, 0.29) is 0 Å². The average molecular weight is 252 g/mol. The third-order valence-corrected chi connectivity index (χ3v) is 4.89. The molecule has 94 valence electrons. The number of thioether (sulfide) groups is 1. The predicted molar refractivity (Wildman–Crippen MR) is 70.2 cm³/mol. The van der Waals surface area contributed by atoms with Gasteiger partial charge >= 0.3 is 0 Å². The molecule has 2 atom stereocenters. The largest absolute Gasteiger partial charge is 0.314 e. The highest BCUT2D eigenvalue weighted by atomic mass is 32.2. The Morgan fingerprint density at radius 3 is 3.18 bits per heavy atom. The Morgan fingerprint density at radius 1 is 1.41 bits per heavy atom. The van der Waals surface area contributed by atoms with Crippen LogP contribution in [-0.2, 0) is 13.0 Å². The first-order valence-electron chi connectivity index (χ1n) is 6.60. The van der Waals surface area contributed by atoms with Crippen molar-refractivity contribution in [1.29, 1.82) is 0 Å². The van der Waals surface area contributed by atoms with Crippen molar-refractivity contribution >= 4 is 11.8 Å². The van der Waals surface area contributed by atoms with Crippen LogP contribution in [0.15, 0.2) is 0 Å². The number of hydrogen-bond acceptors (Lipinski definition) is 4. The number of aryl methyl sites for hydroxylation is 1. The maximum absolute atomic E-state index is 4.35. The first-order chi connectivity index (χ1) is 8.34. The summed E-state index contributed by atoms with van der Waals surface area (Å²) in [6.07, 6.45) is 4.97. The summed E-state index contributed by atoms with van der Waals surface area (Å²) in [5.74, 6) is 4.87. The summed E-state index contributed by atoms with van der Waals surface area (Å²) < 4.78 is 2.30. The van der Waals surface area contributed by atoms with Crippen LogP contribution in [0.1, 0.15) is 43.9 Å². The third kappa shape index (κ3) is 2.36. The van der Waals surface area contributed by atoms with Crippen molar-refractivity contribution in [3.8, 4) is 0 Å². The highest BCUT2D eigenvalue weighted by Crippen LogP contribution is 2.22. The highest BCUT2D eigenvalue weighted by molar-refractivity contribution is 7.99. The Balaban J connectivity index is 1.66. The van der Waals surface area contributed by atoms with Crippen LogP contribution >= 0.6 is 11.8 Å². The van der Waals surface area contributed by atoms with Crippen molar-refractivity contribution in [1.82, 2.24) is 20.1 Å². The molecule has 1 aromatic heterocycles. The third-order valence-electron chi connectivity index (χ3n) is 3.67. The van der Waals surface area contributed by atoms with Crippen LogP contribution in [0.2, 0.25) is 0 Å². The zero-order valence-electron chi connectivity index (χ0n) is 10.4. The number of nitrogens with zero attached hydrogens (tertiary/aromatic N) is 3. The Bertz CT molecular complexity index is 384. The summed E-state index contributed by atoms with van der Waals surface area (Å²) >= 11 is 2.06. The average Bonchev–Trinajstić information content (AvgIpc) is 2.91. The highest BCUT2D eigenvalue weighted by Gasteiger charge is 2.23. The molecule has 2 aliphatic rings. The summed E-state index contributed by atoms with van der Waals surface area (Å²) in [5, 5.41) is 12.3. The predicted octanol–water partition coefficient (Wildman–Crippen LogP) is 1.77. The molecule has 1 fully saturated rings. The lowest BCUT2D eigenvalue weighted by Crippen LogP contribution is -2.36. The van der Waals surface area contributed by atoms with Gasteiger partial charge in [-0.05, 0) is 31.9 Å². The molecule has 5 heteroatoms. The van der Waals surface area contributed by atoms with Gasteiger partial charge in [-0.3, -0.25) is 0 Å². The molecule has 1 saturated heterocycles. The summed E-state index contributed by atoms with van der Waals surface area (Å²) in [7, 11) is 0. The Kier molecular flexibility index (Phi) is 3.38. The lowest BCUT2D eigenvalue weighted by Gasteiger charge is -2.26. The van der Waals surface area contributed by atoms with Crippen molar-refractivity contribution in [3.05, 3.63) is 11.6 Å². The van der Waals surface area contributed by atoms with Crippen LogP contribution < -0.4 is 5.32 Å². The zero-order chi connectivity index (χ0) is 11.7. The molecule has 0 aromatic carbocycles. The minimum atomic E-state index is 0.332. The minimum Gasteiger partial charge on any atom is -0.314 e. The van der Waals surface area contributed by atoms with E-state index in [1.54, 1.807) is 0 Å². The summed E-state index contributed by atoms with van der Waals surface area (Å²) in [6, 6.07) is 0.983. The molecule has 4 nitrogen and oxygen atoms in total. The van der Waals surface area contributed by atoms with E-state index in [1.165, 1.54) is 36.6 Å². The molecular formula is C12H20N4S. The quantitative estimate of drug-likeness (QED) is 0.890. The van der Waals surface area contributed by atoms with Crippen LogP contribution in [0.25, 0.3) is 0 Å². The monoisotopic (exact) mass is 252 g/mol. The first kappa shape index (κ1) is 11.5. The molecule has 2 unspecified atom stereocenters. The molecule has 3 rings (SSSR count). The number of nitrogens with one attached hydrogen (secondary N) is 1. The van der Waals surface area contributed by atoms with Gasteiger partial charge in [0.1, 0.15) is 11.6 Å². The first-order valence-corrected chi connectivity index (χ1v) is 7.76. The second-order valence-corrected chi connectivity index (χ2v) is 6.18. The fraction of sp³-hybridized carbons (Fsp3) is 0.833. The van der Waals surface area contributed by atoms with Crippen LogP contribution in [0.4, 0.5) is 0 Å². The molecule has 0 aliphatic carbocycles. The van der Waals surface area contributed by atoms with E-state index in [2.05, 4.69) is 38.8 Å². The SMILES string of the molecule is CC(NC1CCCSC1)c1nnc2n1CCC2. The normalized spacial score (nSPS) is 25.8. The van der Waals surface area contributed by atoms with Gasteiger partial charge in [0, 0.05) is 24.8 Å². The van der Waals surface area contributed by atoms with Crippen molar-refractivity contribution in [3.63, 3.8) is 0 Å². The molecule has 0 saturated carbocycles. The number of rotatable bonds is 3. The van der Waals surface area contributed by atoms with Crippen LogP contribution in [0, 0.1) is 0 Å². The van der Waals surface area contributed by atoms with Crippen LogP contribution in [-0.4, -0.2) is 32.3 Å². The number of hydrogen-bond donors (Lipinski definition) is 1. The summed E-state index contributed by atoms with van der Waals surface area (Å²) in [4.78, 5) is 0. The Labute approximate surface area is 107 Å². The second kappa shape index (κ2) is 4.98. The van der Waals surface area contributed by atoms with Gasteiger partial charge in [0.15, 0.2) is 0 Å². The van der Waals surface area contributed by atoms with E-state index in [4.69, 9.17) is 0 Å². The van der Waals surface area contributed by atoms with Gasteiger partial charge in [-0.15, -0.1) is 10.2 Å². The molecule has 3 heterocycles. The van der Waals surface area contributed by atoms with Gasteiger partial charge < -0.3 is 9.88 Å². The van der Waals surface area contributed by atoms with E-state index >= 15 is 0 Å². The van der Waals surface area contributed by atoms with Gasteiger partial charge in [0.2, 0.25) is 0 Å². The molecule has 1 aromatic rings. The molecule has 1 N–H and O–H groups in total. The standard InChI is InChI=1S/C12H20N4S/c1-9(13-10-4-3-7-17-8-10)12-15-14-11-5-2-6-16(11)12/h9-10,13H,2-8H2,1H3. The second-order valence-electron chi connectivity index (χ2n) is 5.03. The topological polar surface area (TPSA) is 42.7 Å². The van der Waals surface area contributed by atoms with Gasteiger partial charge in [0.25, 0.3) is 0 Å². The van der Waals surface area contributed by atoms with E-state index in [0.717, 1.165) is 18.8 Å². The van der Waals surface area contributed by atoms with Gasteiger partial charge in [-0.25, -0.2) is 0 Å². The van der Waals surface area contributed by atoms with Crippen LogP contribution in [0.3, 0.4) is 0 Å². The molecular weight excluding hydrogens is 232 g/mol. The number of fused-ring (bicyclic) bond motifs is 1. The molecule has 0 bridgehead atoms. The molecule has 0 amide bonds. The zero-order valence-corrected chi connectivity index (χ0v) is 11.2. The lowest BCUT2D eigenvalue weighted by molar-refractivity contribution is 0.429. The maximum Gasteiger partial charge on any atom is 0.149 e. The van der Waals surface area contributed by atoms with E-state index in [9.17, 15) is 0 Å². The van der Waals surface area contributed by atoms with Crippen molar-refractivity contribution in [2.45, 2.75) is 51.2 Å². The fourth-order valence-corrected chi connectivity index (χ4v) is 3.88. The van der Waals surface area contributed by atoms with E-state index < -0.39 is 0 Å². The molecule has 2 aliphatic heterocycles. The lowest BCUT2D eigenvalue weighted by atomic mass is 10.1. The van der Waals surface area contributed by atoms with Gasteiger partial charge in [-0.2, -0.15) is 11.8 Å². The Hall–Kier alpha value is -0.550. The molecule has 0 radical (unpaired) electrons. The van der Waals surface area contributed by atoms with Gasteiger partial charge in [-0.1, -0.05) is 0 Å². The maximum atomic E-state index is 4.35. The molecule has 0 spiro atoms. The van der Waals surface area contributed by atoms with E-state index in [0.29, 0.717) is 12.1 Å². The minimum absolute atomic E-state index is 0.332. The smallest absolute Gasteiger partial charge is 0.149 e. The fourth-order valence-electron chi connectivity index (χ4n) is 2.79. The summed E-state index contributed by atoms with van der Waals surface area (Å²) in [5.41, 5.74) is 0.